The SMILES string of the molecule is CC(C)(C)SCC(=O)N[C@@H]1CCCNC1. The zero-order chi connectivity index (χ0) is 11.3. The number of thioether (sulfide) groups is 1. The van der Waals surface area contributed by atoms with Gasteiger partial charge in [0.05, 0.1) is 5.75 Å². The lowest BCUT2D eigenvalue weighted by Gasteiger charge is -2.24. The van der Waals surface area contributed by atoms with Crippen molar-refractivity contribution in [1.29, 1.82) is 0 Å². The summed E-state index contributed by atoms with van der Waals surface area (Å²) >= 11 is 1.70. The van der Waals surface area contributed by atoms with E-state index in [2.05, 4.69) is 31.4 Å². The second kappa shape index (κ2) is 5.75. The van der Waals surface area contributed by atoms with E-state index in [-0.39, 0.29) is 10.7 Å². The van der Waals surface area contributed by atoms with Gasteiger partial charge in [0.2, 0.25) is 5.91 Å². The molecule has 1 fully saturated rings. The fourth-order valence-electron chi connectivity index (χ4n) is 1.53. The maximum absolute atomic E-state index is 11.6. The molecule has 0 unspecified atom stereocenters. The molecule has 0 aliphatic carbocycles. The highest BCUT2D eigenvalue weighted by Crippen LogP contribution is 2.22. The van der Waals surface area contributed by atoms with Crippen molar-refractivity contribution >= 4 is 17.7 Å². The van der Waals surface area contributed by atoms with Gasteiger partial charge in [-0.3, -0.25) is 4.79 Å². The molecule has 0 radical (unpaired) electrons. The van der Waals surface area contributed by atoms with Crippen molar-refractivity contribution in [1.82, 2.24) is 10.6 Å². The second-order valence-corrected chi connectivity index (χ2v) is 6.81. The summed E-state index contributed by atoms with van der Waals surface area (Å²) in [6.07, 6.45) is 2.27. The molecular weight excluding hydrogens is 208 g/mol. The summed E-state index contributed by atoms with van der Waals surface area (Å²) in [7, 11) is 0. The molecule has 0 spiro atoms. The fourth-order valence-corrected chi connectivity index (χ4v) is 2.17. The predicted octanol–water partition coefficient (Wildman–Crippen LogP) is 1.39. The molecule has 88 valence electrons. The molecule has 0 bridgehead atoms. The van der Waals surface area contributed by atoms with E-state index in [1.54, 1.807) is 11.8 Å². The molecule has 1 aliphatic rings. The van der Waals surface area contributed by atoms with Gasteiger partial charge in [-0.2, -0.15) is 0 Å². The van der Waals surface area contributed by atoms with Crippen LogP contribution in [0.25, 0.3) is 0 Å². The Morgan fingerprint density at radius 2 is 2.27 bits per heavy atom. The first-order valence-electron chi connectivity index (χ1n) is 5.61. The summed E-state index contributed by atoms with van der Waals surface area (Å²) < 4.78 is 0.169. The van der Waals surface area contributed by atoms with Crippen LogP contribution in [0.2, 0.25) is 0 Å². The van der Waals surface area contributed by atoms with Gasteiger partial charge in [-0.15, -0.1) is 11.8 Å². The van der Waals surface area contributed by atoms with Gasteiger partial charge < -0.3 is 10.6 Å². The molecule has 1 saturated heterocycles. The maximum atomic E-state index is 11.6. The molecule has 0 aromatic rings. The summed E-state index contributed by atoms with van der Waals surface area (Å²) in [5.74, 6) is 0.739. The van der Waals surface area contributed by atoms with Crippen LogP contribution < -0.4 is 10.6 Å². The van der Waals surface area contributed by atoms with Crippen LogP contribution in [0.15, 0.2) is 0 Å². The van der Waals surface area contributed by atoms with Gasteiger partial charge in [0.1, 0.15) is 0 Å². The quantitative estimate of drug-likeness (QED) is 0.770. The second-order valence-electron chi connectivity index (χ2n) is 5.01. The first-order valence-corrected chi connectivity index (χ1v) is 6.60. The zero-order valence-corrected chi connectivity index (χ0v) is 10.7. The number of hydrogen-bond acceptors (Lipinski definition) is 3. The molecule has 1 atom stereocenters. The minimum atomic E-state index is 0.169. The van der Waals surface area contributed by atoms with Crippen LogP contribution >= 0.6 is 11.8 Å². The highest BCUT2D eigenvalue weighted by Gasteiger charge is 2.17. The topological polar surface area (TPSA) is 41.1 Å². The number of piperidine rings is 1. The first kappa shape index (κ1) is 12.8. The monoisotopic (exact) mass is 230 g/mol. The third kappa shape index (κ3) is 6.05. The van der Waals surface area contributed by atoms with Gasteiger partial charge in [-0.1, -0.05) is 20.8 Å². The normalized spacial score (nSPS) is 22.5. The Morgan fingerprint density at radius 1 is 1.53 bits per heavy atom. The van der Waals surface area contributed by atoms with Gasteiger partial charge in [0, 0.05) is 17.3 Å². The van der Waals surface area contributed by atoms with Crippen molar-refractivity contribution in [2.24, 2.45) is 0 Å². The largest absolute Gasteiger partial charge is 0.351 e. The van der Waals surface area contributed by atoms with Gasteiger partial charge in [-0.05, 0) is 19.4 Å². The lowest BCUT2D eigenvalue weighted by atomic mass is 10.1. The standard InChI is InChI=1S/C11H22N2OS/c1-11(2,3)15-8-10(14)13-9-5-4-6-12-7-9/h9,12H,4-8H2,1-3H3,(H,13,14)/t9-/m1/s1. The Morgan fingerprint density at radius 3 is 2.80 bits per heavy atom. The van der Waals surface area contributed by atoms with Crippen molar-refractivity contribution in [2.75, 3.05) is 18.8 Å². The van der Waals surface area contributed by atoms with E-state index in [4.69, 9.17) is 0 Å². The molecule has 3 nitrogen and oxygen atoms in total. The number of hydrogen-bond donors (Lipinski definition) is 2. The summed E-state index contributed by atoms with van der Waals surface area (Å²) in [6, 6.07) is 0.340. The molecule has 2 N–H and O–H groups in total. The summed E-state index contributed by atoms with van der Waals surface area (Å²) in [4.78, 5) is 11.6. The lowest BCUT2D eigenvalue weighted by molar-refractivity contribution is -0.119. The number of carbonyl (C=O) groups is 1. The highest BCUT2D eigenvalue weighted by atomic mass is 32.2. The van der Waals surface area contributed by atoms with Crippen LogP contribution in [0.1, 0.15) is 33.6 Å². The van der Waals surface area contributed by atoms with Gasteiger partial charge in [0.15, 0.2) is 0 Å². The minimum Gasteiger partial charge on any atom is -0.351 e. The third-order valence-corrected chi connectivity index (χ3v) is 3.57. The van der Waals surface area contributed by atoms with E-state index in [1.807, 2.05) is 0 Å². The number of amides is 1. The van der Waals surface area contributed by atoms with Crippen molar-refractivity contribution < 1.29 is 4.79 Å². The van der Waals surface area contributed by atoms with Crippen LogP contribution in [-0.2, 0) is 4.79 Å². The van der Waals surface area contributed by atoms with Gasteiger partial charge in [0.25, 0.3) is 0 Å². The molecule has 0 aromatic carbocycles. The smallest absolute Gasteiger partial charge is 0.230 e. The third-order valence-electron chi connectivity index (χ3n) is 2.30. The van der Waals surface area contributed by atoms with Gasteiger partial charge in [-0.25, -0.2) is 0 Å². The van der Waals surface area contributed by atoms with Crippen LogP contribution in [0.3, 0.4) is 0 Å². The molecule has 4 heteroatoms. The van der Waals surface area contributed by atoms with E-state index in [1.165, 1.54) is 0 Å². The van der Waals surface area contributed by atoms with Crippen LogP contribution in [0.5, 0.6) is 0 Å². The molecule has 0 aromatic heterocycles. The molecule has 1 amide bonds. The van der Waals surface area contributed by atoms with Crippen molar-refractivity contribution in [3.8, 4) is 0 Å². The van der Waals surface area contributed by atoms with E-state index in [9.17, 15) is 4.79 Å². The average molecular weight is 230 g/mol. The van der Waals surface area contributed by atoms with Crippen molar-refractivity contribution in [3.05, 3.63) is 0 Å². The average Bonchev–Trinajstić information content (AvgIpc) is 2.15. The van der Waals surface area contributed by atoms with Gasteiger partial charge >= 0.3 is 0 Å². The van der Waals surface area contributed by atoms with Crippen LogP contribution in [-0.4, -0.2) is 35.5 Å². The Balaban J connectivity index is 2.17. The molecule has 1 rings (SSSR count). The Kier molecular flexibility index (Phi) is 4.93. The zero-order valence-electron chi connectivity index (χ0n) is 9.93. The predicted molar refractivity (Wildman–Crippen MR) is 66.2 cm³/mol. The summed E-state index contributed by atoms with van der Waals surface area (Å²) in [6.45, 7) is 8.41. The Labute approximate surface area is 96.8 Å². The van der Waals surface area contributed by atoms with E-state index in [0.717, 1.165) is 25.9 Å². The van der Waals surface area contributed by atoms with Crippen molar-refractivity contribution in [3.63, 3.8) is 0 Å². The first-order chi connectivity index (χ1) is 6.97. The number of nitrogens with one attached hydrogen (secondary N) is 2. The van der Waals surface area contributed by atoms with E-state index >= 15 is 0 Å². The van der Waals surface area contributed by atoms with Crippen LogP contribution in [0.4, 0.5) is 0 Å². The summed E-state index contributed by atoms with van der Waals surface area (Å²) in [5.41, 5.74) is 0. The number of rotatable bonds is 3. The Hall–Kier alpha value is -0.220. The maximum Gasteiger partial charge on any atom is 0.230 e. The van der Waals surface area contributed by atoms with Crippen molar-refractivity contribution in [2.45, 2.75) is 44.4 Å². The fraction of sp³-hybridized carbons (Fsp3) is 0.909. The molecular formula is C11H22N2OS. The molecule has 0 saturated carbocycles. The molecule has 1 aliphatic heterocycles. The Bertz CT molecular complexity index is 207. The van der Waals surface area contributed by atoms with E-state index < -0.39 is 0 Å². The minimum absolute atomic E-state index is 0.169. The molecule has 15 heavy (non-hydrogen) atoms. The molecule has 1 heterocycles. The number of carbonyl (C=O) groups excluding carboxylic acids is 1. The lowest BCUT2D eigenvalue weighted by Crippen LogP contribution is -2.46. The highest BCUT2D eigenvalue weighted by molar-refractivity contribution is 8.01. The van der Waals surface area contributed by atoms with E-state index in [0.29, 0.717) is 11.8 Å². The summed E-state index contributed by atoms with van der Waals surface area (Å²) in [5, 5.41) is 6.36. The van der Waals surface area contributed by atoms with Crippen LogP contribution in [0, 0.1) is 0 Å².